The quantitative estimate of drug-likeness (QED) is 0.689. The number of hydrogen-bond donors (Lipinski definition) is 1. The smallest absolute Gasteiger partial charge is 0.335 e. The van der Waals surface area contributed by atoms with Crippen LogP contribution in [0.3, 0.4) is 0 Å². The maximum Gasteiger partial charge on any atom is 0.335 e. The van der Waals surface area contributed by atoms with Gasteiger partial charge in [0.15, 0.2) is 0 Å². The molecule has 2 aromatic carbocycles. The van der Waals surface area contributed by atoms with Crippen LogP contribution in [0.25, 0.3) is 11.5 Å². The van der Waals surface area contributed by atoms with Crippen LogP contribution in [0.2, 0.25) is 0 Å². The van der Waals surface area contributed by atoms with E-state index in [-0.39, 0.29) is 11.5 Å². The summed E-state index contributed by atoms with van der Waals surface area (Å²) in [6.45, 7) is 0.498. The van der Waals surface area contributed by atoms with Crippen molar-refractivity contribution in [3.8, 4) is 17.2 Å². The average Bonchev–Trinajstić information content (AvgIpc) is 3.24. The fourth-order valence-corrected chi connectivity index (χ4v) is 2.93. The Morgan fingerprint density at radius 3 is 2.64 bits per heavy atom. The van der Waals surface area contributed by atoms with Gasteiger partial charge in [0.2, 0.25) is 11.8 Å². The summed E-state index contributed by atoms with van der Waals surface area (Å²) in [5, 5.41) is 17.3. The van der Waals surface area contributed by atoms with E-state index in [1.807, 2.05) is 54.6 Å². The molecule has 1 atom stereocenters. The predicted molar refractivity (Wildman–Crippen MR) is 103 cm³/mol. The van der Waals surface area contributed by atoms with Gasteiger partial charge in [0, 0.05) is 5.56 Å². The number of aliphatic carboxylic acids is 1. The molecule has 4 rings (SSSR count). The largest absolute Gasteiger partial charge is 0.489 e. The van der Waals surface area contributed by atoms with E-state index in [9.17, 15) is 4.79 Å². The van der Waals surface area contributed by atoms with Crippen molar-refractivity contribution in [3.05, 3.63) is 89.9 Å². The second kappa shape index (κ2) is 7.92. The standard InChI is InChI=1S/C22H18N2O4/c25-22(26)18-8-4-7-17(13-18)21-24-23-20(28-21)16-9-11-19(12-10-16)27-14-15-5-2-1-3-6-15/h1-6,8-13,17H,7,14H2,(H,25,26). The van der Waals surface area contributed by atoms with E-state index in [4.69, 9.17) is 14.3 Å². The number of carbonyl (C=O) groups is 1. The van der Waals surface area contributed by atoms with Crippen molar-refractivity contribution in [2.75, 3.05) is 0 Å². The Labute approximate surface area is 161 Å². The minimum absolute atomic E-state index is 0.231. The van der Waals surface area contributed by atoms with Gasteiger partial charge in [0.25, 0.3) is 0 Å². The number of aromatic nitrogens is 2. The van der Waals surface area contributed by atoms with E-state index in [1.165, 1.54) is 0 Å². The zero-order chi connectivity index (χ0) is 19.3. The SMILES string of the molecule is O=C(O)C1=CC(c2nnc(-c3ccc(OCc4ccccc4)cc3)o2)CC=C1. The summed E-state index contributed by atoms with van der Waals surface area (Å²) in [5.41, 5.74) is 2.11. The van der Waals surface area contributed by atoms with Gasteiger partial charge in [-0.05, 0) is 36.2 Å². The highest BCUT2D eigenvalue weighted by atomic mass is 16.5. The van der Waals surface area contributed by atoms with Crippen LogP contribution in [0.15, 0.2) is 82.8 Å². The molecule has 6 nitrogen and oxygen atoms in total. The molecule has 140 valence electrons. The molecule has 0 saturated heterocycles. The summed E-state index contributed by atoms with van der Waals surface area (Å²) >= 11 is 0. The van der Waals surface area contributed by atoms with Crippen molar-refractivity contribution in [1.82, 2.24) is 10.2 Å². The first kappa shape index (κ1) is 17.7. The number of ether oxygens (including phenoxy) is 1. The highest BCUT2D eigenvalue weighted by Gasteiger charge is 2.21. The van der Waals surface area contributed by atoms with Gasteiger partial charge >= 0.3 is 5.97 Å². The van der Waals surface area contributed by atoms with Crippen molar-refractivity contribution in [1.29, 1.82) is 0 Å². The van der Waals surface area contributed by atoms with E-state index in [2.05, 4.69) is 10.2 Å². The molecule has 1 heterocycles. The monoisotopic (exact) mass is 374 g/mol. The molecule has 1 aliphatic rings. The molecule has 0 radical (unpaired) electrons. The van der Waals surface area contributed by atoms with Crippen LogP contribution >= 0.6 is 0 Å². The fourth-order valence-electron chi connectivity index (χ4n) is 2.93. The van der Waals surface area contributed by atoms with Crippen LogP contribution in [0.1, 0.15) is 23.8 Å². The van der Waals surface area contributed by atoms with Gasteiger partial charge in [-0.2, -0.15) is 0 Å². The highest BCUT2D eigenvalue weighted by molar-refractivity contribution is 5.90. The van der Waals surface area contributed by atoms with Gasteiger partial charge in [-0.25, -0.2) is 4.79 Å². The van der Waals surface area contributed by atoms with Gasteiger partial charge in [0.1, 0.15) is 12.4 Å². The average molecular weight is 374 g/mol. The number of hydrogen-bond acceptors (Lipinski definition) is 5. The summed E-state index contributed by atoms with van der Waals surface area (Å²) in [6, 6.07) is 17.4. The van der Waals surface area contributed by atoms with Gasteiger partial charge in [-0.1, -0.05) is 48.6 Å². The molecular formula is C22H18N2O4. The maximum absolute atomic E-state index is 11.1. The molecule has 0 amide bonds. The normalized spacial score (nSPS) is 15.9. The second-order valence-corrected chi connectivity index (χ2v) is 6.42. The summed E-state index contributed by atoms with van der Waals surface area (Å²) < 4.78 is 11.6. The lowest BCUT2D eigenvalue weighted by Gasteiger charge is -2.10. The summed E-state index contributed by atoms with van der Waals surface area (Å²) in [4.78, 5) is 11.1. The predicted octanol–water partition coefficient (Wildman–Crippen LogP) is 4.37. The topological polar surface area (TPSA) is 85.5 Å². The number of nitrogens with zero attached hydrogens (tertiary/aromatic N) is 2. The third-order valence-electron chi connectivity index (χ3n) is 4.42. The molecule has 0 fully saturated rings. The zero-order valence-electron chi connectivity index (χ0n) is 15.0. The Balaban J connectivity index is 1.44. The maximum atomic E-state index is 11.1. The van der Waals surface area contributed by atoms with Crippen molar-refractivity contribution in [3.63, 3.8) is 0 Å². The molecule has 0 spiro atoms. The molecule has 1 aromatic heterocycles. The lowest BCUT2D eigenvalue weighted by molar-refractivity contribution is -0.132. The molecule has 3 aromatic rings. The Morgan fingerprint density at radius 1 is 1.11 bits per heavy atom. The summed E-state index contributed by atoms with van der Waals surface area (Å²) in [7, 11) is 0. The first-order valence-electron chi connectivity index (χ1n) is 8.91. The highest BCUT2D eigenvalue weighted by Crippen LogP contribution is 2.29. The summed E-state index contributed by atoms with van der Waals surface area (Å²) in [5.74, 6) is 0.350. The lowest BCUT2D eigenvalue weighted by Crippen LogP contribution is -2.06. The Kier molecular flexibility index (Phi) is 5.01. The van der Waals surface area contributed by atoms with Gasteiger partial charge in [-0.15, -0.1) is 10.2 Å². The minimum atomic E-state index is -0.966. The van der Waals surface area contributed by atoms with Crippen LogP contribution in [-0.2, 0) is 11.4 Å². The molecule has 0 bridgehead atoms. The Hall–Kier alpha value is -3.67. The molecule has 1 unspecified atom stereocenters. The van der Waals surface area contributed by atoms with E-state index >= 15 is 0 Å². The first-order chi connectivity index (χ1) is 13.7. The van der Waals surface area contributed by atoms with E-state index < -0.39 is 5.97 Å². The zero-order valence-corrected chi connectivity index (χ0v) is 15.0. The molecule has 1 N–H and O–H groups in total. The number of carboxylic acid groups (broad SMARTS) is 1. The third-order valence-corrected chi connectivity index (χ3v) is 4.42. The third kappa shape index (κ3) is 4.01. The Bertz CT molecular complexity index is 1020. The molecule has 6 heteroatoms. The molecule has 0 saturated carbocycles. The van der Waals surface area contributed by atoms with Crippen LogP contribution in [0.5, 0.6) is 5.75 Å². The number of carboxylic acids is 1. The van der Waals surface area contributed by atoms with Gasteiger partial charge < -0.3 is 14.3 Å². The second-order valence-electron chi connectivity index (χ2n) is 6.42. The minimum Gasteiger partial charge on any atom is -0.489 e. The molecular weight excluding hydrogens is 356 g/mol. The van der Waals surface area contributed by atoms with Gasteiger partial charge in [0.05, 0.1) is 11.5 Å². The summed E-state index contributed by atoms with van der Waals surface area (Å²) in [6.07, 6.45) is 5.66. The van der Waals surface area contributed by atoms with Crippen LogP contribution in [0.4, 0.5) is 0 Å². The fraction of sp³-hybridized carbons (Fsp3) is 0.136. The van der Waals surface area contributed by atoms with Crippen molar-refractivity contribution < 1.29 is 19.1 Å². The van der Waals surface area contributed by atoms with Gasteiger partial charge in [-0.3, -0.25) is 0 Å². The van der Waals surface area contributed by atoms with Crippen LogP contribution < -0.4 is 4.74 Å². The Morgan fingerprint density at radius 2 is 1.89 bits per heavy atom. The van der Waals surface area contributed by atoms with Crippen molar-refractivity contribution in [2.24, 2.45) is 0 Å². The molecule has 28 heavy (non-hydrogen) atoms. The van der Waals surface area contributed by atoms with Crippen molar-refractivity contribution in [2.45, 2.75) is 18.9 Å². The van der Waals surface area contributed by atoms with Crippen LogP contribution in [0, 0.1) is 0 Å². The first-order valence-corrected chi connectivity index (χ1v) is 8.91. The van der Waals surface area contributed by atoms with E-state index in [0.717, 1.165) is 16.9 Å². The van der Waals surface area contributed by atoms with E-state index in [1.54, 1.807) is 18.2 Å². The number of benzene rings is 2. The van der Waals surface area contributed by atoms with E-state index in [0.29, 0.717) is 24.8 Å². The molecule has 0 aliphatic heterocycles. The van der Waals surface area contributed by atoms with Crippen LogP contribution in [-0.4, -0.2) is 21.3 Å². The molecule has 1 aliphatic carbocycles. The number of allylic oxidation sites excluding steroid dienone is 2. The van der Waals surface area contributed by atoms with Crippen molar-refractivity contribution >= 4 is 5.97 Å². The number of rotatable bonds is 6. The lowest BCUT2D eigenvalue weighted by atomic mass is 9.96.